The molecular formula is C20H28O2. The Morgan fingerprint density at radius 2 is 2.00 bits per heavy atom. The van der Waals surface area contributed by atoms with Gasteiger partial charge in [0.05, 0.1) is 6.61 Å². The van der Waals surface area contributed by atoms with Crippen molar-refractivity contribution in [3.8, 4) is 0 Å². The van der Waals surface area contributed by atoms with Crippen LogP contribution in [0.1, 0.15) is 58.8 Å². The quantitative estimate of drug-likeness (QED) is 0.793. The molecule has 1 N–H and O–H groups in total. The van der Waals surface area contributed by atoms with Gasteiger partial charge < -0.3 is 5.11 Å². The van der Waals surface area contributed by atoms with Crippen molar-refractivity contribution in [1.82, 2.24) is 0 Å². The van der Waals surface area contributed by atoms with Gasteiger partial charge in [0.1, 0.15) is 0 Å². The molecule has 4 aliphatic carbocycles. The van der Waals surface area contributed by atoms with Gasteiger partial charge in [-0.2, -0.15) is 0 Å². The van der Waals surface area contributed by atoms with Crippen LogP contribution in [0.25, 0.3) is 0 Å². The molecule has 0 radical (unpaired) electrons. The summed E-state index contributed by atoms with van der Waals surface area (Å²) in [6.45, 7) is 4.74. The zero-order chi connectivity index (χ0) is 15.5. The van der Waals surface area contributed by atoms with Crippen LogP contribution in [0.3, 0.4) is 0 Å². The Kier molecular flexibility index (Phi) is 3.21. The molecule has 120 valence electrons. The highest BCUT2D eigenvalue weighted by atomic mass is 16.3. The minimum atomic E-state index is -0.114. The molecule has 3 fully saturated rings. The van der Waals surface area contributed by atoms with E-state index in [9.17, 15) is 9.90 Å². The Morgan fingerprint density at radius 1 is 1.18 bits per heavy atom. The molecule has 2 nitrogen and oxygen atoms in total. The summed E-state index contributed by atoms with van der Waals surface area (Å²) in [4.78, 5) is 12.1. The summed E-state index contributed by atoms with van der Waals surface area (Å²) in [5.41, 5.74) is 2.54. The first-order valence-electron chi connectivity index (χ1n) is 9.06. The van der Waals surface area contributed by atoms with E-state index in [1.165, 1.54) is 44.1 Å². The van der Waals surface area contributed by atoms with Crippen LogP contribution < -0.4 is 0 Å². The van der Waals surface area contributed by atoms with E-state index in [-0.39, 0.29) is 17.8 Å². The average molecular weight is 300 g/mol. The lowest BCUT2D eigenvalue weighted by Gasteiger charge is -2.56. The van der Waals surface area contributed by atoms with Crippen molar-refractivity contribution in [2.45, 2.75) is 58.8 Å². The lowest BCUT2D eigenvalue weighted by Crippen LogP contribution is -2.48. The first kappa shape index (κ1) is 14.7. The van der Waals surface area contributed by atoms with Crippen LogP contribution >= 0.6 is 0 Å². The zero-order valence-electron chi connectivity index (χ0n) is 13.9. The summed E-state index contributed by atoms with van der Waals surface area (Å²) in [5, 5.41) is 9.54. The van der Waals surface area contributed by atoms with Gasteiger partial charge in [-0.25, -0.2) is 0 Å². The Hall–Kier alpha value is -0.890. The Morgan fingerprint density at radius 3 is 2.77 bits per heavy atom. The third-order valence-corrected chi connectivity index (χ3v) is 7.69. The first-order chi connectivity index (χ1) is 10.5. The molecule has 5 atom stereocenters. The monoisotopic (exact) mass is 300 g/mol. The fraction of sp³-hybridized carbons (Fsp3) is 0.750. The largest absolute Gasteiger partial charge is 0.392 e. The highest BCUT2D eigenvalue weighted by Crippen LogP contribution is 2.64. The normalized spacial score (nSPS) is 47.2. The number of aliphatic hydroxyl groups excluding tert-OH is 1. The minimum Gasteiger partial charge on any atom is -0.392 e. The van der Waals surface area contributed by atoms with Crippen LogP contribution in [0.4, 0.5) is 0 Å². The van der Waals surface area contributed by atoms with Gasteiger partial charge in [0.25, 0.3) is 0 Å². The topological polar surface area (TPSA) is 37.3 Å². The molecule has 0 amide bonds. The number of hydrogen-bond acceptors (Lipinski definition) is 2. The molecule has 0 spiro atoms. The molecule has 0 aliphatic heterocycles. The maximum absolute atomic E-state index is 12.1. The molecule has 3 saturated carbocycles. The molecule has 0 aromatic carbocycles. The summed E-state index contributed by atoms with van der Waals surface area (Å²) in [7, 11) is 0. The van der Waals surface area contributed by atoms with E-state index >= 15 is 0 Å². The van der Waals surface area contributed by atoms with Gasteiger partial charge in [0.15, 0.2) is 5.78 Å². The van der Waals surface area contributed by atoms with Gasteiger partial charge in [-0.3, -0.25) is 4.79 Å². The van der Waals surface area contributed by atoms with Crippen LogP contribution in [-0.2, 0) is 4.79 Å². The summed E-state index contributed by atoms with van der Waals surface area (Å²) < 4.78 is 0. The Bertz CT molecular complexity index is 572. The average Bonchev–Trinajstić information content (AvgIpc) is 2.89. The Balaban J connectivity index is 1.73. The molecule has 0 aromatic rings. The molecule has 0 heterocycles. The van der Waals surface area contributed by atoms with Gasteiger partial charge in [-0.15, -0.1) is 0 Å². The maximum Gasteiger partial charge on any atom is 0.183 e. The zero-order valence-corrected chi connectivity index (χ0v) is 13.9. The van der Waals surface area contributed by atoms with E-state index in [2.05, 4.69) is 19.9 Å². The molecule has 2 heteroatoms. The number of hydrogen-bond donors (Lipinski definition) is 1. The van der Waals surface area contributed by atoms with Gasteiger partial charge in [0.2, 0.25) is 0 Å². The fourth-order valence-electron chi connectivity index (χ4n) is 6.49. The van der Waals surface area contributed by atoms with Crippen molar-refractivity contribution in [3.05, 3.63) is 23.3 Å². The predicted octanol–water partition coefficient (Wildman–Crippen LogP) is 4.05. The van der Waals surface area contributed by atoms with E-state index < -0.39 is 0 Å². The number of rotatable bonds is 1. The number of fused-ring (bicyclic) bond motifs is 5. The summed E-state index contributed by atoms with van der Waals surface area (Å²) >= 11 is 0. The number of ketones is 1. The van der Waals surface area contributed by atoms with Crippen molar-refractivity contribution in [2.24, 2.45) is 28.6 Å². The summed E-state index contributed by atoms with van der Waals surface area (Å²) in [6, 6.07) is 0. The Labute approximate surface area is 133 Å². The molecule has 0 bridgehead atoms. The number of allylic oxidation sites excluding steroid dienone is 3. The van der Waals surface area contributed by atoms with Crippen LogP contribution in [0.15, 0.2) is 23.3 Å². The standard InChI is InChI=1S/C20H28O2/c1-19-8-3-4-16(19)15-6-5-14-10-18(22)13(12-21)11-20(14,2)17(15)7-9-19/h10-11,15-17,21H,3-9,12H2,1-2H3/t15-,16-,17-,19-,20-/m0/s1. The SMILES string of the molecule is C[C@@]12CCC[C@H]1[C@@H]1CCC3=CC(=O)C(CO)=C[C@]3(C)[C@H]1CC2. The van der Waals surface area contributed by atoms with E-state index in [1.54, 1.807) is 0 Å². The van der Waals surface area contributed by atoms with Crippen LogP contribution in [-0.4, -0.2) is 17.5 Å². The van der Waals surface area contributed by atoms with Crippen molar-refractivity contribution in [1.29, 1.82) is 0 Å². The minimum absolute atomic E-state index is 0.0127. The van der Waals surface area contributed by atoms with Gasteiger partial charge >= 0.3 is 0 Å². The first-order valence-corrected chi connectivity index (χ1v) is 9.06. The van der Waals surface area contributed by atoms with Crippen molar-refractivity contribution in [3.63, 3.8) is 0 Å². The molecule has 0 saturated heterocycles. The molecule has 0 unspecified atom stereocenters. The highest BCUT2D eigenvalue weighted by Gasteiger charge is 2.55. The third kappa shape index (κ3) is 1.86. The van der Waals surface area contributed by atoms with E-state index in [0.717, 1.165) is 18.3 Å². The highest BCUT2D eigenvalue weighted by molar-refractivity contribution is 6.06. The van der Waals surface area contributed by atoms with Crippen molar-refractivity contribution < 1.29 is 9.90 Å². The maximum atomic E-state index is 12.1. The van der Waals surface area contributed by atoms with Crippen molar-refractivity contribution in [2.75, 3.05) is 6.61 Å². The van der Waals surface area contributed by atoms with Gasteiger partial charge in [-0.1, -0.05) is 31.9 Å². The second-order valence-corrected chi connectivity index (χ2v) is 8.64. The second kappa shape index (κ2) is 4.80. The lowest BCUT2D eigenvalue weighted by atomic mass is 9.48. The molecule has 4 rings (SSSR count). The summed E-state index contributed by atoms with van der Waals surface area (Å²) in [6.07, 6.45) is 13.2. The fourth-order valence-corrected chi connectivity index (χ4v) is 6.49. The molecule has 0 aromatic heterocycles. The van der Waals surface area contributed by atoms with Crippen LogP contribution in [0, 0.1) is 28.6 Å². The van der Waals surface area contributed by atoms with Gasteiger partial charge in [-0.05, 0) is 67.8 Å². The number of carbonyl (C=O) groups excluding carboxylic acids is 1. The molecular weight excluding hydrogens is 272 g/mol. The second-order valence-electron chi connectivity index (χ2n) is 8.64. The molecule has 22 heavy (non-hydrogen) atoms. The smallest absolute Gasteiger partial charge is 0.183 e. The van der Waals surface area contributed by atoms with Crippen LogP contribution in [0.5, 0.6) is 0 Å². The van der Waals surface area contributed by atoms with Crippen molar-refractivity contribution >= 4 is 5.78 Å². The van der Waals surface area contributed by atoms with E-state index in [4.69, 9.17) is 0 Å². The number of aliphatic hydroxyl groups is 1. The van der Waals surface area contributed by atoms with Crippen LogP contribution in [0.2, 0.25) is 0 Å². The number of carbonyl (C=O) groups is 1. The third-order valence-electron chi connectivity index (χ3n) is 7.69. The lowest BCUT2D eigenvalue weighted by molar-refractivity contribution is -0.112. The van der Waals surface area contributed by atoms with Gasteiger partial charge in [0, 0.05) is 11.0 Å². The summed E-state index contributed by atoms with van der Waals surface area (Å²) in [5.74, 6) is 2.40. The predicted molar refractivity (Wildman–Crippen MR) is 87.3 cm³/mol. The van der Waals surface area contributed by atoms with E-state index in [0.29, 0.717) is 16.9 Å². The van der Waals surface area contributed by atoms with E-state index in [1.807, 2.05) is 6.08 Å². The molecule has 4 aliphatic rings.